The number of carbonyl (C=O) groups excluding carboxylic acids is 3. The second kappa shape index (κ2) is 20.8. The van der Waals surface area contributed by atoms with E-state index in [4.69, 9.17) is 4.74 Å². The Balaban J connectivity index is 0. The van der Waals surface area contributed by atoms with Gasteiger partial charge in [-0.15, -0.1) is 0 Å². The van der Waals surface area contributed by atoms with Crippen molar-refractivity contribution in [3.8, 4) is 0 Å². The van der Waals surface area contributed by atoms with E-state index in [1.807, 2.05) is 30.3 Å². The van der Waals surface area contributed by atoms with Crippen LogP contribution in [0.25, 0.3) is 0 Å². The van der Waals surface area contributed by atoms with E-state index < -0.39 is 6.04 Å². The van der Waals surface area contributed by atoms with Gasteiger partial charge in [-0.2, -0.15) is 0 Å². The van der Waals surface area contributed by atoms with E-state index in [-0.39, 0.29) is 0 Å². The topological polar surface area (TPSA) is 93.7 Å². The molecule has 7 nitrogen and oxygen atoms in total. The summed E-state index contributed by atoms with van der Waals surface area (Å²) in [6.07, 6.45) is 2.98. The van der Waals surface area contributed by atoms with Gasteiger partial charge < -0.3 is 24.9 Å². The molecule has 0 fully saturated rings. The number of amides is 2. The molecule has 0 bridgehead atoms. The van der Waals surface area contributed by atoms with Crippen LogP contribution in [-0.2, 0) is 30.5 Å². The van der Waals surface area contributed by atoms with E-state index in [9.17, 15) is 14.4 Å². The van der Waals surface area contributed by atoms with Crippen molar-refractivity contribution in [3.63, 3.8) is 0 Å². The van der Waals surface area contributed by atoms with Gasteiger partial charge in [0.05, 0.1) is 12.6 Å². The molecule has 1 unspecified atom stereocenters. The molecule has 0 spiro atoms. The van der Waals surface area contributed by atoms with Crippen LogP contribution in [0.15, 0.2) is 30.3 Å². The van der Waals surface area contributed by atoms with Gasteiger partial charge in [-0.1, -0.05) is 30.3 Å². The number of rotatable bonds is 10. The van der Waals surface area contributed by atoms with Crippen LogP contribution in [0.4, 0.5) is 0 Å². The van der Waals surface area contributed by atoms with Crippen LogP contribution in [0.1, 0.15) is 18.4 Å². The fourth-order valence-electron chi connectivity index (χ4n) is 1.50. The molecule has 2 amide bonds. The van der Waals surface area contributed by atoms with E-state index in [1.165, 1.54) is 5.56 Å². The summed E-state index contributed by atoms with van der Waals surface area (Å²) < 4.78 is 9.18. The van der Waals surface area contributed by atoms with Gasteiger partial charge in [0.15, 0.2) is 0 Å². The molecule has 0 saturated heterocycles. The number of methoxy groups -OCH3 is 2. The maximum atomic E-state index is 10.2. The number of ether oxygens (including phenoxy) is 2. The number of benzene rings is 1. The zero-order chi connectivity index (χ0) is 18.5. The van der Waals surface area contributed by atoms with Gasteiger partial charge in [0, 0.05) is 27.9 Å². The van der Waals surface area contributed by atoms with Crippen molar-refractivity contribution in [1.82, 2.24) is 10.6 Å². The minimum absolute atomic E-state index is 0.434. The summed E-state index contributed by atoms with van der Waals surface area (Å²) in [6.45, 7) is 1.23. The van der Waals surface area contributed by atoms with Gasteiger partial charge in [0.1, 0.15) is 6.29 Å². The average Bonchev–Trinajstić information content (AvgIpc) is 2.60. The SMILES string of the molecule is COC.COCc1ccccc1.O=CNCCCC(C=O)NC=O. The average molecular weight is 340 g/mol. The number of hydrogen-bond donors (Lipinski definition) is 2. The van der Waals surface area contributed by atoms with Crippen molar-refractivity contribution < 1.29 is 23.9 Å². The van der Waals surface area contributed by atoms with Crippen LogP contribution in [-0.4, -0.2) is 53.0 Å². The van der Waals surface area contributed by atoms with Crippen LogP contribution in [0, 0.1) is 0 Å². The highest BCUT2D eigenvalue weighted by molar-refractivity contribution is 5.63. The Morgan fingerprint density at radius 1 is 1.04 bits per heavy atom. The predicted octanol–water partition coefficient (Wildman–Crippen LogP) is 0.922. The first kappa shape index (κ1) is 24.0. The molecule has 7 heteroatoms. The fourth-order valence-corrected chi connectivity index (χ4v) is 1.50. The highest BCUT2D eigenvalue weighted by atomic mass is 16.5. The summed E-state index contributed by atoms with van der Waals surface area (Å²) in [7, 11) is 4.95. The molecule has 1 aromatic rings. The molecule has 0 aromatic heterocycles. The van der Waals surface area contributed by atoms with Gasteiger partial charge in [-0.25, -0.2) is 0 Å². The van der Waals surface area contributed by atoms with Crippen LogP contribution in [0.2, 0.25) is 0 Å². The summed E-state index contributed by atoms with van der Waals surface area (Å²) in [5, 5.41) is 4.80. The van der Waals surface area contributed by atoms with Crippen molar-refractivity contribution in [2.75, 3.05) is 27.9 Å². The molecule has 24 heavy (non-hydrogen) atoms. The molecular weight excluding hydrogens is 312 g/mol. The highest BCUT2D eigenvalue weighted by Gasteiger charge is 2.03. The van der Waals surface area contributed by atoms with E-state index in [2.05, 4.69) is 15.4 Å². The van der Waals surface area contributed by atoms with Crippen LogP contribution < -0.4 is 10.6 Å². The Labute approximate surface area is 143 Å². The molecule has 1 rings (SSSR count). The lowest BCUT2D eigenvalue weighted by atomic mass is 10.2. The minimum atomic E-state index is -0.434. The van der Waals surface area contributed by atoms with Gasteiger partial charge in [0.2, 0.25) is 12.8 Å². The summed E-state index contributed by atoms with van der Waals surface area (Å²) in [5.74, 6) is 0. The summed E-state index contributed by atoms with van der Waals surface area (Å²) in [6, 6.07) is 9.67. The van der Waals surface area contributed by atoms with Crippen molar-refractivity contribution in [3.05, 3.63) is 35.9 Å². The lowest BCUT2D eigenvalue weighted by Gasteiger charge is -2.07. The van der Waals surface area contributed by atoms with Crippen molar-refractivity contribution >= 4 is 19.1 Å². The van der Waals surface area contributed by atoms with Gasteiger partial charge >= 0.3 is 0 Å². The highest BCUT2D eigenvalue weighted by Crippen LogP contribution is 1.98. The fraction of sp³-hybridized carbons (Fsp3) is 0.471. The molecule has 0 radical (unpaired) electrons. The van der Waals surface area contributed by atoms with Crippen LogP contribution >= 0.6 is 0 Å². The Morgan fingerprint density at radius 2 is 1.67 bits per heavy atom. The summed E-state index contributed by atoms with van der Waals surface area (Å²) in [4.78, 5) is 30.0. The molecule has 1 atom stereocenters. The molecule has 2 N–H and O–H groups in total. The lowest BCUT2D eigenvalue weighted by molar-refractivity contribution is -0.115. The molecule has 1 aromatic carbocycles. The maximum absolute atomic E-state index is 10.2. The quantitative estimate of drug-likeness (QED) is 0.488. The van der Waals surface area contributed by atoms with Crippen molar-refractivity contribution in [1.29, 1.82) is 0 Å². The molecule has 0 heterocycles. The third-order valence-corrected chi connectivity index (χ3v) is 2.52. The Kier molecular flexibility index (Phi) is 20.8. The minimum Gasteiger partial charge on any atom is -0.388 e. The summed E-state index contributed by atoms with van der Waals surface area (Å²) in [5.41, 5.74) is 1.22. The molecule has 0 aliphatic heterocycles. The number of hydrogen-bond acceptors (Lipinski definition) is 5. The number of carbonyl (C=O) groups is 3. The Morgan fingerprint density at radius 3 is 2.12 bits per heavy atom. The molecule has 0 aliphatic rings. The third-order valence-electron chi connectivity index (χ3n) is 2.52. The zero-order valence-electron chi connectivity index (χ0n) is 14.6. The van der Waals surface area contributed by atoms with Gasteiger partial charge in [-0.3, -0.25) is 9.59 Å². The molecule has 0 aliphatic carbocycles. The van der Waals surface area contributed by atoms with Crippen LogP contribution in [0.3, 0.4) is 0 Å². The van der Waals surface area contributed by atoms with E-state index >= 15 is 0 Å². The van der Waals surface area contributed by atoms with Gasteiger partial charge in [-0.05, 0) is 18.4 Å². The first-order chi connectivity index (χ1) is 11.7. The second-order valence-electron chi connectivity index (χ2n) is 4.57. The monoisotopic (exact) mass is 340 g/mol. The predicted molar refractivity (Wildman–Crippen MR) is 92.4 cm³/mol. The van der Waals surface area contributed by atoms with Crippen molar-refractivity contribution in [2.24, 2.45) is 0 Å². The normalized spacial score (nSPS) is 9.96. The van der Waals surface area contributed by atoms with Crippen molar-refractivity contribution in [2.45, 2.75) is 25.5 Å². The number of nitrogens with one attached hydrogen (secondary N) is 2. The smallest absolute Gasteiger partial charge is 0.207 e. The van der Waals surface area contributed by atoms with Crippen LogP contribution in [0.5, 0.6) is 0 Å². The Bertz CT molecular complexity index is 401. The first-order valence-electron chi connectivity index (χ1n) is 7.45. The van der Waals surface area contributed by atoms with E-state index in [0.717, 1.165) is 0 Å². The van der Waals surface area contributed by atoms with E-state index in [0.29, 0.717) is 45.1 Å². The Hall–Kier alpha value is -2.25. The third kappa shape index (κ3) is 17.8. The molecule has 0 saturated carbocycles. The zero-order valence-corrected chi connectivity index (χ0v) is 14.6. The molecule has 136 valence electrons. The standard InChI is InChI=1S/C8H10O.C7H12N2O3.C2H6O/c1-9-7-8-5-3-2-4-6-8;10-4-7(9-6-12)2-1-3-8-5-11;1-3-2/h2-6H,7H2,1H3;4-7H,1-3H2,(H,8,11)(H,9,12);1-2H3. The van der Waals surface area contributed by atoms with Gasteiger partial charge in [0.25, 0.3) is 0 Å². The van der Waals surface area contributed by atoms with E-state index in [1.54, 1.807) is 21.3 Å². The second-order valence-corrected chi connectivity index (χ2v) is 4.57. The molecular formula is C17H28N2O5. The lowest BCUT2D eigenvalue weighted by Crippen LogP contribution is -2.30. The number of aldehydes is 1. The maximum Gasteiger partial charge on any atom is 0.207 e. The largest absolute Gasteiger partial charge is 0.388 e. The summed E-state index contributed by atoms with van der Waals surface area (Å²) >= 11 is 0. The first-order valence-corrected chi connectivity index (χ1v) is 7.45.